The normalized spacial score (nSPS) is 12.6. The molecule has 104 valence electrons. The Kier molecular flexibility index (Phi) is 4.69. The fraction of sp³-hybridized carbons (Fsp3) is 0.385. The summed E-state index contributed by atoms with van der Waals surface area (Å²) in [6, 6.07) is 2.14. The lowest BCUT2D eigenvalue weighted by Gasteiger charge is -2.12. The highest BCUT2D eigenvalue weighted by molar-refractivity contribution is 5.89. The highest BCUT2D eigenvalue weighted by Gasteiger charge is 2.32. The monoisotopic (exact) mass is 273 g/mol. The molecular formula is C13H14F3NO2. The molecule has 0 saturated carbocycles. The number of nitrogens with zero attached hydrogens (tertiary/aromatic N) is 1. The number of rotatable bonds is 4. The minimum Gasteiger partial charge on any atom is -0.478 e. The van der Waals surface area contributed by atoms with Crippen LogP contribution in [0.5, 0.6) is 0 Å². The van der Waals surface area contributed by atoms with Gasteiger partial charge in [-0.05, 0) is 30.5 Å². The summed E-state index contributed by atoms with van der Waals surface area (Å²) in [6.07, 6.45) is -2.54. The first-order valence-electron chi connectivity index (χ1n) is 5.74. The smallest absolute Gasteiger partial charge is 0.433 e. The lowest BCUT2D eigenvalue weighted by atomic mass is 10.0. The molecule has 0 spiro atoms. The van der Waals surface area contributed by atoms with E-state index in [2.05, 4.69) is 4.98 Å². The van der Waals surface area contributed by atoms with E-state index in [1.165, 1.54) is 13.0 Å². The summed E-state index contributed by atoms with van der Waals surface area (Å²) in [7, 11) is 0. The number of alkyl halides is 3. The number of halogens is 3. The molecule has 0 aliphatic heterocycles. The molecule has 0 aromatic carbocycles. The number of carboxylic acids is 1. The van der Waals surface area contributed by atoms with Gasteiger partial charge in [0.1, 0.15) is 5.69 Å². The van der Waals surface area contributed by atoms with Gasteiger partial charge in [-0.25, -0.2) is 9.78 Å². The molecule has 3 nitrogen and oxygen atoms in total. The van der Waals surface area contributed by atoms with Crippen molar-refractivity contribution in [2.24, 2.45) is 0 Å². The van der Waals surface area contributed by atoms with Crippen LogP contribution in [0.1, 0.15) is 37.2 Å². The first kappa shape index (κ1) is 15.2. The van der Waals surface area contributed by atoms with Gasteiger partial charge in [0.15, 0.2) is 0 Å². The summed E-state index contributed by atoms with van der Waals surface area (Å²) >= 11 is 0. The van der Waals surface area contributed by atoms with E-state index in [1.54, 1.807) is 0 Å². The van der Waals surface area contributed by atoms with Crippen molar-refractivity contribution in [1.29, 1.82) is 0 Å². The summed E-state index contributed by atoms with van der Waals surface area (Å²) < 4.78 is 37.7. The van der Waals surface area contributed by atoms with Gasteiger partial charge in [0.2, 0.25) is 0 Å². The molecule has 1 aromatic heterocycles. The van der Waals surface area contributed by atoms with Crippen LogP contribution in [0.25, 0.3) is 5.57 Å². The van der Waals surface area contributed by atoms with Crippen molar-refractivity contribution in [3.8, 4) is 0 Å². The third kappa shape index (κ3) is 4.08. The van der Waals surface area contributed by atoms with Gasteiger partial charge in [-0.3, -0.25) is 0 Å². The second kappa shape index (κ2) is 5.86. The van der Waals surface area contributed by atoms with Crippen LogP contribution in [0.2, 0.25) is 0 Å². The highest BCUT2D eigenvalue weighted by Crippen LogP contribution is 2.30. The summed E-state index contributed by atoms with van der Waals surface area (Å²) in [5.41, 5.74) is 0.143. The number of pyridine rings is 1. The molecule has 0 unspecified atom stereocenters. The second-order valence-electron chi connectivity index (χ2n) is 4.10. The van der Waals surface area contributed by atoms with Gasteiger partial charge < -0.3 is 5.11 Å². The van der Waals surface area contributed by atoms with Crippen LogP contribution in [0, 0.1) is 0 Å². The third-order valence-electron chi connectivity index (χ3n) is 2.52. The number of allylic oxidation sites excluding steroid dienone is 1. The standard InChI is InChI=1S/C13H14F3NO2/c1-3-4-10-9(8(2)7-12(18)19)5-6-11(17-10)13(14,15)16/h5-7H,3-4H2,1-2H3,(H,18,19)/b8-7-. The predicted molar refractivity (Wildman–Crippen MR) is 64.5 cm³/mol. The molecule has 1 rings (SSSR count). The van der Waals surface area contributed by atoms with Gasteiger partial charge in [-0.15, -0.1) is 0 Å². The van der Waals surface area contributed by atoms with Crippen molar-refractivity contribution in [3.63, 3.8) is 0 Å². The Morgan fingerprint density at radius 1 is 1.42 bits per heavy atom. The maximum Gasteiger partial charge on any atom is 0.433 e. The van der Waals surface area contributed by atoms with Crippen LogP contribution in [-0.2, 0) is 17.4 Å². The minimum atomic E-state index is -4.49. The van der Waals surface area contributed by atoms with E-state index in [4.69, 9.17) is 5.11 Å². The van der Waals surface area contributed by atoms with Crippen molar-refractivity contribution in [2.75, 3.05) is 0 Å². The quantitative estimate of drug-likeness (QED) is 0.853. The molecule has 0 radical (unpaired) electrons. The van der Waals surface area contributed by atoms with Crippen molar-refractivity contribution in [2.45, 2.75) is 32.9 Å². The van der Waals surface area contributed by atoms with E-state index in [0.29, 0.717) is 24.0 Å². The Labute approximate surface area is 108 Å². The van der Waals surface area contributed by atoms with Gasteiger partial charge in [-0.1, -0.05) is 19.4 Å². The van der Waals surface area contributed by atoms with Gasteiger partial charge in [0, 0.05) is 11.8 Å². The molecule has 1 N–H and O–H groups in total. The van der Waals surface area contributed by atoms with Crippen molar-refractivity contribution in [1.82, 2.24) is 4.98 Å². The molecule has 6 heteroatoms. The zero-order chi connectivity index (χ0) is 14.6. The molecule has 0 fully saturated rings. The Hall–Kier alpha value is -1.85. The molecule has 1 heterocycles. The van der Waals surface area contributed by atoms with Crippen molar-refractivity contribution < 1.29 is 23.1 Å². The maximum atomic E-state index is 12.6. The van der Waals surface area contributed by atoms with Crippen LogP contribution in [0.3, 0.4) is 0 Å². The lowest BCUT2D eigenvalue weighted by Crippen LogP contribution is -2.11. The number of hydrogen-bond donors (Lipinski definition) is 1. The Morgan fingerprint density at radius 3 is 2.53 bits per heavy atom. The van der Waals surface area contributed by atoms with Gasteiger partial charge in [0.25, 0.3) is 0 Å². The summed E-state index contributed by atoms with van der Waals surface area (Å²) in [5, 5.41) is 8.67. The Balaban J connectivity index is 3.30. The molecule has 19 heavy (non-hydrogen) atoms. The maximum absolute atomic E-state index is 12.6. The van der Waals surface area contributed by atoms with Crippen molar-refractivity contribution >= 4 is 11.5 Å². The fourth-order valence-electron chi connectivity index (χ4n) is 1.71. The van der Waals surface area contributed by atoms with Crippen LogP contribution in [0.4, 0.5) is 13.2 Å². The third-order valence-corrected chi connectivity index (χ3v) is 2.52. The number of hydrogen-bond acceptors (Lipinski definition) is 2. The first-order chi connectivity index (χ1) is 8.75. The van der Waals surface area contributed by atoms with Crippen LogP contribution in [-0.4, -0.2) is 16.1 Å². The number of aliphatic carboxylic acids is 1. The molecule has 0 atom stereocenters. The highest BCUT2D eigenvalue weighted by atomic mass is 19.4. The molecule has 0 amide bonds. The van der Waals surface area contributed by atoms with E-state index >= 15 is 0 Å². The topological polar surface area (TPSA) is 50.2 Å². The Bertz CT molecular complexity index is 507. The molecule has 0 saturated heterocycles. The predicted octanol–water partition coefficient (Wildman–Crippen LogP) is 3.54. The molecule has 0 aliphatic carbocycles. The van der Waals surface area contributed by atoms with E-state index in [-0.39, 0.29) is 5.69 Å². The molecular weight excluding hydrogens is 259 g/mol. The zero-order valence-electron chi connectivity index (χ0n) is 10.6. The van der Waals surface area contributed by atoms with Crippen LogP contribution >= 0.6 is 0 Å². The SMILES string of the molecule is CCCc1nc(C(F)(F)F)ccc1/C(C)=C\C(=O)O. The van der Waals surface area contributed by atoms with E-state index in [1.807, 2.05) is 6.92 Å². The molecule has 1 aromatic rings. The number of aryl methyl sites for hydroxylation is 1. The van der Waals surface area contributed by atoms with Crippen molar-refractivity contribution in [3.05, 3.63) is 35.2 Å². The average molecular weight is 273 g/mol. The van der Waals surface area contributed by atoms with Gasteiger partial charge >= 0.3 is 12.1 Å². The number of carboxylic acid groups (broad SMARTS) is 1. The zero-order valence-corrected chi connectivity index (χ0v) is 10.6. The van der Waals surface area contributed by atoms with Crippen LogP contribution in [0.15, 0.2) is 18.2 Å². The summed E-state index contributed by atoms with van der Waals surface area (Å²) in [4.78, 5) is 14.2. The summed E-state index contributed by atoms with van der Waals surface area (Å²) in [5.74, 6) is -1.14. The first-order valence-corrected chi connectivity index (χ1v) is 5.74. The number of aromatic nitrogens is 1. The number of carbonyl (C=O) groups is 1. The fourth-order valence-corrected chi connectivity index (χ4v) is 1.71. The van der Waals surface area contributed by atoms with Gasteiger partial charge in [0.05, 0.1) is 0 Å². The molecule has 0 bridgehead atoms. The lowest BCUT2D eigenvalue weighted by molar-refractivity contribution is -0.141. The second-order valence-corrected chi connectivity index (χ2v) is 4.10. The van der Waals surface area contributed by atoms with Crippen LogP contribution < -0.4 is 0 Å². The van der Waals surface area contributed by atoms with Gasteiger partial charge in [-0.2, -0.15) is 13.2 Å². The Morgan fingerprint density at radius 2 is 2.05 bits per heavy atom. The van der Waals surface area contributed by atoms with E-state index in [9.17, 15) is 18.0 Å². The summed E-state index contributed by atoms with van der Waals surface area (Å²) in [6.45, 7) is 3.36. The largest absolute Gasteiger partial charge is 0.478 e. The average Bonchev–Trinajstić information content (AvgIpc) is 2.27. The van der Waals surface area contributed by atoms with E-state index in [0.717, 1.165) is 12.1 Å². The molecule has 0 aliphatic rings. The minimum absolute atomic E-state index is 0.271. The van der Waals surface area contributed by atoms with E-state index < -0.39 is 17.8 Å².